The zero-order chi connectivity index (χ0) is 14.5. The van der Waals surface area contributed by atoms with Crippen LogP contribution in [0, 0.1) is 0 Å². The van der Waals surface area contributed by atoms with E-state index >= 15 is 0 Å². The monoisotopic (exact) mass is 281 g/mol. The zero-order valence-electron chi connectivity index (χ0n) is 12.1. The van der Waals surface area contributed by atoms with Gasteiger partial charge in [-0.05, 0) is 12.5 Å². The second-order valence-corrected chi connectivity index (χ2v) is 5.16. The molecule has 2 rings (SSSR count). The number of nitrogens with zero attached hydrogens (tertiary/aromatic N) is 2. The van der Waals surface area contributed by atoms with Crippen LogP contribution in [0.1, 0.15) is 6.42 Å². The average molecular weight is 281 g/mol. The van der Waals surface area contributed by atoms with Crippen LogP contribution < -0.4 is 11.3 Å². The molecule has 2 unspecified atom stereocenters. The fourth-order valence-corrected chi connectivity index (χ4v) is 2.64. The number of methoxy groups -OCH3 is 2. The van der Waals surface area contributed by atoms with E-state index in [0.717, 1.165) is 26.1 Å². The van der Waals surface area contributed by atoms with Crippen LogP contribution in [-0.4, -0.2) is 55.5 Å². The Labute approximate surface area is 119 Å². The molecule has 0 aromatic carbocycles. The van der Waals surface area contributed by atoms with Crippen LogP contribution in [0.3, 0.4) is 0 Å². The first-order valence-corrected chi connectivity index (χ1v) is 6.88. The molecule has 1 aromatic rings. The van der Waals surface area contributed by atoms with Crippen molar-refractivity contribution in [2.45, 2.75) is 25.2 Å². The van der Waals surface area contributed by atoms with E-state index in [1.165, 1.54) is 6.07 Å². The maximum atomic E-state index is 11.6. The third-order valence-electron chi connectivity index (χ3n) is 3.78. The highest BCUT2D eigenvalue weighted by atomic mass is 16.5. The molecule has 112 valence electrons. The van der Waals surface area contributed by atoms with Crippen LogP contribution in [0.5, 0.6) is 0 Å². The van der Waals surface area contributed by atoms with Gasteiger partial charge in [-0.15, -0.1) is 0 Å². The summed E-state index contributed by atoms with van der Waals surface area (Å²) in [5, 5.41) is 0. The molecule has 0 amide bonds. The van der Waals surface area contributed by atoms with Gasteiger partial charge in [0.05, 0.1) is 12.2 Å². The van der Waals surface area contributed by atoms with Crippen molar-refractivity contribution >= 4 is 5.69 Å². The van der Waals surface area contributed by atoms with Gasteiger partial charge >= 0.3 is 0 Å². The number of ether oxygens (including phenoxy) is 2. The lowest BCUT2D eigenvalue weighted by Crippen LogP contribution is -2.27. The Bertz CT molecular complexity index is 477. The number of hydrogen-bond donors (Lipinski definition) is 1. The molecular weight excluding hydrogens is 258 g/mol. The number of aryl methyl sites for hydroxylation is 1. The van der Waals surface area contributed by atoms with Gasteiger partial charge in [0.25, 0.3) is 5.56 Å². The highest BCUT2D eigenvalue weighted by molar-refractivity contribution is 5.33. The molecule has 0 saturated carbocycles. The summed E-state index contributed by atoms with van der Waals surface area (Å²) in [6.07, 6.45) is 2.86. The molecule has 0 bridgehead atoms. The first kappa shape index (κ1) is 15.0. The summed E-state index contributed by atoms with van der Waals surface area (Å²) >= 11 is 0. The second-order valence-electron chi connectivity index (χ2n) is 5.16. The molecule has 0 aliphatic carbocycles. The minimum absolute atomic E-state index is 0.00911. The molecule has 1 aromatic heterocycles. The van der Waals surface area contributed by atoms with Crippen molar-refractivity contribution in [3.05, 3.63) is 28.7 Å². The molecule has 0 radical (unpaired) electrons. The quantitative estimate of drug-likeness (QED) is 0.805. The molecule has 6 nitrogen and oxygen atoms in total. The van der Waals surface area contributed by atoms with Gasteiger partial charge in [-0.25, -0.2) is 0 Å². The van der Waals surface area contributed by atoms with Crippen molar-refractivity contribution in [3.63, 3.8) is 0 Å². The molecule has 1 aliphatic heterocycles. The largest absolute Gasteiger partial charge is 0.398 e. The Morgan fingerprint density at radius 2 is 1.85 bits per heavy atom. The predicted molar refractivity (Wildman–Crippen MR) is 77.8 cm³/mol. The number of anilines is 1. The van der Waals surface area contributed by atoms with E-state index in [0.29, 0.717) is 12.2 Å². The zero-order valence-corrected chi connectivity index (χ0v) is 12.1. The number of rotatable bonds is 6. The van der Waals surface area contributed by atoms with Gasteiger partial charge in [-0.1, -0.05) is 0 Å². The van der Waals surface area contributed by atoms with Gasteiger partial charge in [0.2, 0.25) is 0 Å². The van der Waals surface area contributed by atoms with Crippen LogP contribution in [0.25, 0.3) is 0 Å². The first-order valence-electron chi connectivity index (χ1n) is 6.88. The Kier molecular flexibility index (Phi) is 5.17. The van der Waals surface area contributed by atoms with Crippen molar-refractivity contribution in [1.82, 2.24) is 9.47 Å². The molecule has 2 N–H and O–H groups in total. The van der Waals surface area contributed by atoms with Gasteiger partial charge in [0, 0.05) is 58.3 Å². The Morgan fingerprint density at radius 1 is 1.20 bits per heavy atom. The summed E-state index contributed by atoms with van der Waals surface area (Å²) in [6, 6.07) is 3.14. The molecule has 0 spiro atoms. The van der Waals surface area contributed by atoms with Crippen molar-refractivity contribution in [2.75, 3.05) is 39.6 Å². The van der Waals surface area contributed by atoms with Crippen molar-refractivity contribution in [1.29, 1.82) is 0 Å². The third kappa shape index (κ3) is 3.59. The minimum Gasteiger partial charge on any atom is -0.398 e. The summed E-state index contributed by atoms with van der Waals surface area (Å²) in [5.41, 5.74) is 6.30. The summed E-state index contributed by atoms with van der Waals surface area (Å²) in [6.45, 7) is 3.35. The van der Waals surface area contributed by atoms with Gasteiger partial charge in [0.15, 0.2) is 0 Å². The van der Waals surface area contributed by atoms with Gasteiger partial charge < -0.3 is 19.8 Å². The lowest BCUT2D eigenvalue weighted by molar-refractivity contribution is -0.00461. The Balaban J connectivity index is 1.82. The number of hydrogen-bond acceptors (Lipinski definition) is 5. The summed E-state index contributed by atoms with van der Waals surface area (Å²) in [7, 11) is 3.43. The topological polar surface area (TPSA) is 69.7 Å². The molecule has 1 aliphatic rings. The van der Waals surface area contributed by atoms with E-state index in [-0.39, 0.29) is 17.8 Å². The Morgan fingerprint density at radius 3 is 2.45 bits per heavy atom. The van der Waals surface area contributed by atoms with Crippen LogP contribution in [0.15, 0.2) is 23.1 Å². The maximum Gasteiger partial charge on any atom is 0.250 e. The van der Waals surface area contributed by atoms with Gasteiger partial charge in [0.1, 0.15) is 0 Å². The minimum atomic E-state index is -0.00911. The maximum absolute atomic E-state index is 11.6. The molecular formula is C14H23N3O3. The smallest absolute Gasteiger partial charge is 0.250 e. The summed E-state index contributed by atoms with van der Waals surface area (Å²) in [5.74, 6) is 0. The summed E-state index contributed by atoms with van der Waals surface area (Å²) in [4.78, 5) is 14.0. The molecule has 20 heavy (non-hydrogen) atoms. The number of nitrogen functional groups attached to an aromatic ring is 1. The first-order chi connectivity index (χ1) is 9.63. The fraction of sp³-hybridized carbons (Fsp3) is 0.643. The number of nitrogens with two attached hydrogens (primary N) is 1. The molecule has 1 saturated heterocycles. The normalized spacial score (nSPS) is 23.3. The van der Waals surface area contributed by atoms with Crippen LogP contribution in [-0.2, 0) is 16.0 Å². The van der Waals surface area contributed by atoms with Crippen molar-refractivity contribution < 1.29 is 9.47 Å². The van der Waals surface area contributed by atoms with E-state index in [4.69, 9.17) is 15.2 Å². The fourth-order valence-electron chi connectivity index (χ4n) is 2.64. The van der Waals surface area contributed by atoms with Crippen LogP contribution >= 0.6 is 0 Å². The van der Waals surface area contributed by atoms with E-state index in [1.807, 2.05) is 0 Å². The molecule has 2 atom stereocenters. The van der Waals surface area contributed by atoms with Crippen molar-refractivity contribution in [3.8, 4) is 0 Å². The predicted octanol–water partition coefficient (Wildman–Crippen LogP) is 0.166. The molecule has 6 heteroatoms. The van der Waals surface area contributed by atoms with Gasteiger partial charge in [-0.3, -0.25) is 9.69 Å². The van der Waals surface area contributed by atoms with Crippen LogP contribution in [0.2, 0.25) is 0 Å². The lowest BCUT2D eigenvalue weighted by atomic mass is 10.3. The number of pyridine rings is 1. The standard InChI is InChI=1S/C14H23N3O3/c1-19-12-9-16(10-13(12)20-2)6-3-7-17-8-11(15)4-5-14(17)18/h4-5,8,12-13H,3,6-7,9-10,15H2,1-2H3. The molecule has 2 heterocycles. The van der Waals surface area contributed by atoms with Gasteiger partial charge in [-0.2, -0.15) is 0 Å². The second kappa shape index (κ2) is 6.88. The average Bonchev–Trinajstić information content (AvgIpc) is 2.85. The number of likely N-dealkylation sites (tertiary alicyclic amines) is 1. The SMILES string of the molecule is COC1CN(CCCn2cc(N)ccc2=O)CC1OC. The Hall–Kier alpha value is -1.37. The van der Waals surface area contributed by atoms with E-state index in [9.17, 15) is 4.79 Å². The van der Waals surface area contributed by atoms with Crippen LogP contribution in [0.4, 0.5) is 5.69 Å². The molecule has 1 fully saturated rings. The lowest BCUT2D eigenvalue weighted by Gasteiger charge is -2.15. The van der Waals surface area contributed by atoms with Crippen molar-refractivity contribution in [2.24, 2.45) is 0 Å². The highest BCUT2D eigenvalue weighted by Crippen LogP contribution is 2.15. The highest BCUT2D eigenvalue weighted by Gasteiger charge is 2.32. The van der Waals surface area contributed by atoms with E-state index < -0.39 is 0 Å². The number of aromatic nitrogens is 1. The summed E-state index contributed by atoms with van der Waals surface area (Å²) < 4.78 is 12.5. The van der Waals surface area contributed by atoms with E-state index in [1.54, 1.807) is 31.0 Å². The van der Waals surface area contributed by atoms with E-state index in [2.05, 4.69) is 4.90 Å². The third-order valence-corrected chi connectivity index (χ3v) is 3.78.